The summed E-state index contributed by atoms with van der Waals surface area (Å²) in [7, 11) is 1.37. The van der Waals surface area contributed by atoms with Gasteiger partial charge in [0.2, 0.25) is 0 Å². The molecule has 0 fully saturated rings. The molecule has 15 heavy (non-hydrogen) atoms. The SMILES string of the molecule is COC(=O)CCC(N)c1ccc(Br)cn1. The summed E-state index contributed by atoms with van der Waals surface area (Å²) < 4.78 is 5.44. The Balaban J connectivity index is 2.50. The van der Waals surface area contributed by atoms with Crippen LogP contribution in [-0.2, 0) is 9.53 Å². The molecule has 0 saturated carbocycles. The Morgan fingerprint density at radius 2 is 2.40 bits per heavy atom. The molecule has 0 bridgehead atoms. The smallest absolute Gasteiger partial charge is 0.305 e. The first-order valence-electron chi connectivity index (χ1n) is 4.57. The zero-order valence-corrected chi connectivity index (χ0v) is 10.0. The topological polar surface area (TPSA) is 65.2 Å². The van der Waals surface area contributed by atoms with Crippen LogP contribution in [0.25, 0.3) is 0 Å². The molecule has 1 atom stereocenters. The van der Waals surface area contributed by atoms with Gasteiger partial charge in [0.1, 0.15) is 0 Å². The Hall–Kier alpha value is -0.940. The van der Waals surface area contributed by atoms with E-state index in [0.717, 1.165) is 10.2 Å². The van der Waals surface area contributed by atoms with Crippen LogP contribution in [0.1, 0.15) is 24.6 Å². The van der Waals surface area contributed by atoms with Crippen molar-refractivity contribution in [3.63, 3.8) is 0 Å². The number of carbonyl (C=O) groups is 1. The Kier molecular flexibility index (Phi) is 4.71. The molecule has 0 saturated heterocycles. The van der Waals surface area contributed by atoms with Gasteiger partial charge in [0, 0.05) is 23.1 Å². The Bertz CT molecular complexity index is 327. The Morgan fingerprint density at radius 3 is 2.93 bits per heavy atom. The monoisotopic (exact) mass is 272 g/mol. The average Bonchev–Trinajstić information content (AvgIpc) is 2.26. The highest BCUT2D eigenvalue weighted by Gasteiger charge is 2.10. The fraction of sp³-hybridized carbons (Fsp3) is 0.400. The minimum atomic E-state index is -0.248. The van der Waals surface area contributed by atoms with Crippen molar-refractivity contribution in [3.05, 3.63) is 28.5 Å². The first-order chi connectivity index (χ1) is 7.13. The summed E-state index contributed by atoms with van der Waals surface area (Å²) in [6, 6.07) is 3.49. The molecule has 0 aromatic carbocycles. The van der Waals surface area contributed by atoms with Gasteiger partial charge in [-0.2, -0.15) is 0 Å². The first kappa shape index (κ1) is 12.1. The fourth-order valence-corrected chi connectivity index (χ4v) is 1.36. The minimum Gasteiger partial charge on any atom is -0.469 e. The van der Waals surface area contributed by atoms with Crippen LogP contribution in [-0.4, -0.2) is 18.1 Å². The van der Waals surface area contributed by atoms with Crippen molar-refractivity contribution in [2.45, 2.75) is 18.9 Å². The van der Waals surface area contributed by atoms with Gasteiger partial charge < -0.3 is 10.5 Å². The zero-order chi connectivity index (χ0) is 11.3. The number of aromatic nitrogens is 1. The maximum Gasteiger partial charge on any atom is 0.305 e. The van der Waals surface area contributed by atoms with Crippen molar-refractivity contribution in [1.82, 2.24) is 4.98 Å². The summed E-state index contributed by atoms with van der Waals surface area (Å²) in [4.78, 5) is 15.1. The second-order valence-corrected chi connectivity index (χ2v) is 4.04. The van der Waals surface area contributed by atoms with E-state index in [-0.39, 0.29) is 12.0 Å². The average molecular weight is 273 g/mol. The summed E-state index contributed by atoms with van der Waals surface area (Å²) in [6.07, 6.45) is 2.55. The molecule has 0 amide bonds. The van der Waals surface area contributed by atoms with Gasteiger partial charge in [-0.25, -0.2) is 0 Å². The summed E-state index contributed by atoms with van der Waals surface area (Å²) in [6.45, 7) is 0. The molecule has 1 heterocycles. The van der Waals surface area contributed by atoms with E-state index in [4.69, 9.17) is 5.73 Å². The van der Waals surface area contributed by atoms with Crippen LogP contribution in [0, 0.1) is 0 Å². The van der Waals surface area contributed by atoms with Crippen molar-refractivity contribution in [1.29, 1.82) is 0 Å². The highest BCUT2D eigenvalue weighted by atomic mass is 79.9. The number of hydrogen-bond donors (Lipinski definition) is 1. The largest absolute Gasteiger partial charge is 0.469 e. The van der Waals surface area contributed by atoms with E-state index in [1.165, 1.54) is 7.11 Å². The third-order valence-corrected chi connectivity index (χ3v) is 2.49. The molecule has 1 rings (SSSR count). The molecular formula is C10H13BrN2O2. The first-order valence-corrected chi connectivity index (χ1v) is 5.36. The number of halogens is 1. The number of rotatable bonds is 4. The highest BCUT2D eigenvalue weighted by Crippen LogP contribution is 2.15. The highest BCUT2D eigenvalue weighted by molar-refractivity contribution is 9.10. The summed E-state index contributed by atoms with van der Waals surface area (Å²) in [5.41, 5.74) is 6.64. The van der Waals surface area contributed by atoms with E-state index in [0.29, 0.717) is 12.8 Å². The molecule has 1 unspecified atom stereocenters. The van der Waals surface area contributed by atoms with E-state index in [1.807, 2.05) is 12.1 Å². The normalized spacial score (nSPS) is 12.2. The third-order valence-electron chi connectivity index (χ3n) is 2.02. The minimum absolute atomic E-state index is 0.225. The lowest BCUT2D eigenvalue weighted by Gasteiger charge is -2.09. The van der Waals surface area contributed by atoms with Crippen molar-refractivity contribution in [2.24, 2.45) is 5.73 Å². The van der Waals surface area contributed by atoms with Crippen molar-refractivity contribution in [2.75, 3.05) is 7.11 Å². The van der Waals surface area contributed by atoms with Gasteiger partial charge in [-0.1, -0.05) is 0 Å². The van der Waals surface area contributed by atoms with Gasteiger partial charge >= 0.3 is 5.97 Å². The van der Waals surface area contributed by atoms with Crippen LogP contribution >= 0.6 is 15.9 Å². The molecule has 4 nitrogen and oxygen atoms in total. The van der Waals surface area contributed by atoms with E-state index in [2.05, 4.69) is 25.7 Å². The van der Waals surface area contributed by atoms with Crippen LogP contribution in [0.15, 0.2) is 22.8 Å². The molecule has 0 aliphatic rings. The van der Waals surface area contributed by atoms with Gasteiger partial charge in [0.25, 0.3) is 0 Å². The van der Waals surface area contributed by atoms with Gasteiger partial charge in [-0.05, 0) is 34.5 Å². The molecule has 2 N–H and O–H groups in total. The molecule has 5 heteroatoms. The number of nitrogens with zero attached hydrogens (tertiary/aromatic N) is 1. The van der Waals surface area contributed by atoms with Crippen LogP contribution in [0.3, 0.4) is 0 Å². The number of methoxy groups -OCH3 is 1. The lowest BCUT2D eigenvalue weighted by Crippen LogP contribution is -2.14. The number of carbonyl (C=O) groups excluding carboxylic acids is 1. The molecule has 1 aromatic rings. The molecule has 1 aromatic heterocycles. The van der Waals surface area contributed by atoms with Crippen LogP contribution in [0.5, 0.6) is 0 Å². The molecule has 0 radical (unpaired) electrons. The van der Waals surface area contributed by atoms with E-state index in [9.17, 15) is 4.79 Å². The second kappa shape index (κ2) is 5.82. The predicted molar refractivity (Wildman–Crippen MR) is 60.1 cm³/mol. The van der Waals surface area contributed by atoms with Gasteiger partial charge in [0.15, 0.2) is 0 Å². The zero-order valence-electron chi connectivity index (χ0n) is 8.44. The van der Waals surface area contributed by atoms with Crippen LogP contribution in [0.4, 0.5) is 0 Å². The summed E-state index contributed by atoms with van der Waals surface area (Å²) in [5.74, 6) is -0.248. The van der Waals surface area contributed by atoms with E-state index in [1.54, 1.807) is 6.20 Å². The lowest BCUT2D eigenvalue weighted by atomic mass is 10.1. The maximum absolute atomic E-state index is 10.9. The number of nitrogens with two attached hydrogens (primary N) is 1. The molecule has 82 valence electrons. The number of esters is 1. The van der Waals surface area contributed by atoms with Crippen LogP contribution in [0.2, 0.25) is 0 Å². The van der Waals surface area contributed by atoms with Crippen molar-refractivity contribution in [3.8, 4) is 0 Å². The molecule has 0 aliphatic heterocycles. The summed E-state index contributed by atoms with van der Waals surface area (Å²) >= 11 is 3.29. The number of hydrogen-bond acceptors (Lipinski definition) is 4. The van der Waals surface area contributed by atoms with Crippen molar-refractivity contribution < 1.29 is 9.53 Å². The van der Waals surface area contributed by atoms with Gasteiger partial charge in [0.05, 0.1) is 12.8 Å². The van der Waals surface area contributed by atoms with E-state index >= 15 is 0 Å². The van der Waals surface area contributed by atoms with Gasteiger partial charge in [-0.15, -0.1) is 0 Å². The molecule has 0 aliphatic carbocycles. The number of ether oxygens (including phenoxy) is 1. The third kappa shape index (κ3) is 3.97. The Morgan fingerprint density at radius 1 is 1.67 bits per heavy atom. The second-order valence-electron chi connectivity index (χ2n) is 3.12. The molecule has 0 spiro atoms. The lowest BCUT2D eigenvalue weighted by molar-refractivity contribution is -0.140. The van der Waals surface area contributed by atoms with E-state index < -0.39 is 0 Å². The van der Waals surface area contributed by atoms with Crippen LogP contribution < -0.4 is 5.73 Å². The van der Waals surface area contributed by atoms with Crippen molar-refractivity contribution >= 4 is 21.9 Å². The Labute approximate surface area is 97.0 Å². The maximum atomic E-state index is 10.9. The summed E-state index contributed by atoms with van der Waals surface area (Å²) in [5, 5.41) is 0. The quantitative estimate of drug-likeness (QED) is 0.849. The standard InChI is InChI=1S/C10H13BrN2O2/c1-15-10(14)5-3-8(12)9-4-2-7(11)6-13-9/h2,4,6,8H,3,5,12H2,1H3. The number of pyridine rings is 1. The predicted octanol–water partition coefficient (Wildman–Crippen LogP) is 1.80. The fourth-order valence-electron chi connectivity index (χ4n) is 1.13. The van der Waals surface area contributed by atoms with Gasteiger partial charge in [-0.3, -0.25) is 9.78 Å². The molecular weight excluding hydrogens is 260 g/mol.